The van der Waals surface area contributed by atoms with Gasteiger partial charge in [0.05, 0.1) is 11.2 Å². The summed E-state index contributed by atoms with van der Waals surface area (Å²) in [5, 5.41) is 0. The van der Waals surface area contributed by atoms with Crippen molar-refractivity contribution in [3.05, 3.63) is 131 Å². The van der Waals surface area contributed by atoms with E-state index in [1.54, 1.807) is 16.8 Å². The Balaban J connectivity index is 1.94. The van der Waals surface area contributed by atoms with Crippen LogP contribution in [0.25, 0.3) is 22.3 Å². The molecule has 5 aromatic rings. The third kappa shape index (κ3) is 2.86. The first-order chi connectivity index (χ1) is 14.8. The number of ketones is 1. The second kappa shape index (κ2) is 7.33. The van der Waals surface area contributed by atoms with Gasteiger partial charge in [-0.3, -0.25) is 14.2 Å². The van der Waals surface area contributed by atoms with Gasteiger partial charge in [0.2, 0.25) is 5.78 Å². The van der Waals surface area contributed by atoms with E-state index in [4.69, 9.17) is 0 Å². The zero-order valence-electron chi connectivity index (χ0n) is 16.1. The molecule has 3 aromatic heterocycles. The quantitative estimate of drug-likeness (QED) is 0.406. The minimum absolute atomic E-state index is 0.0918. The van der Waals surface area contributed by atoms with Crippen LogP contribution in [-0.2, 0) is 0 Å². The van der Waals surface area contributed by atoms with E-state index in [1.165, 1.54) is 6.07 Å². The van der Waals surface area contributed by atoms with Gasteiger partial charge in [0.15, 0.2) is 0 Å². The molecule has 0 aliphatic rings. The van der Waals surface area contributed by atoms with Crippen LogP contribution in [0.3, 0.4) is 0 Å². The van der Waals surface area contributed by atoms with Crippen LogP contribution in [0.1, 0.15) is 16.1 Å². The van der Waals surface area contributed by atoms with Crippen LogP contribution in [0.4, 0.5) is 0 Å². The Hall–Kier alpha value is -4.18. The summed E-state index contributed by atoms with van der Waals surface area (Å²) in [6.07, 6.45) is 3.61. The molecule has 0 aliphatic heterocycles. The maximum Gasteiger partial charge on any atom is 0.255 e. The Bertz CT molecular complexity index is 1410. The van der Waals surface area contributed by atoms with Crippen molar-refractivity contribution in [2.75, 3.05) is 0 Å². The van der Waals surface area contributed by atoms with E-state index in [-0.39, 0.29) is 11.3 Å². The zero-order valence-corrected chi connectivity index (χ0v) is 16.1. The third-order valence-corrected chi connectivity index (χ3v) is 5.19. The number of carbonyl (C=O) groups excluding carboxylic acids is 1. The third-order valence-electron chi connectivity index (χ3n) is 5.19. The number of nitrogens with zero attached hydrogens (tertiary/aromatic N) is 2. The van der Waals surface area contributed by atoms with E-state index in [0.717, 1.165) is 16.6 Å². The monoisotopic (exact) mass is 390 g/mol. The van der Waals surface area contributed by atoms with Crippen LogP contribution >= 0.6 is 0 Å². The van der Waals surface area contributed by atoms with Gasteiger partial charge in [-0.1, -0.05) is 72.8 Å². The predicted molar refractivity (Wildman–Crippen MR) is 118 cm³/mol. The van der Waals surface area contributed by atoms with Gasteiger partial charge in [0.25, 0.3) is 5.56 Å². The fourth-order valence-corrected chi connectivity index (χ4v) is 3.88. The number of fused-ring (bicyclic) bond motifs is 1. The zero-order chi connectivity index (χ0) is 20.5. The summed E-state index contributed by atoms with van der Waals surface area (Å²) in [5.74, 6) is -0.0918. The summed E-state index contributed by atoms with van der Waals surface area (Å²) >= 11 is 0. The lowest BCUT2D eigenvalue weighted by Gasteiger charge is -2.10. The Morgan fingerprint density at radius 1 is 0.667 bits per heavy atom. The van der Waals surface area contributed by atoms with Gasteiger partial charge < -0.3 is 4.40 Å². The van der Waals surface area contributed by atoms with Crippen molar-refractivity contribution in [1.82, 2.24) is 8.97 Å². The summed E-state index contributed by atoms with van der Waals surface area (Å²) in [6, 6.07) is 29.8. The summed E-state index contributed by atoms with van der Waals surface area (Å²) in [4.78, 5) is 26.4. The standard InChI is InChI=1S/C26H18N2O2/c29-22-16-8-10-18-28(22)24-21-15-7-9-17-27(21)25(23(24)19-11-3-1-4-12-19)26(30)20-13-5-2-6-14-20/h1-18H. The Morgan fingerprint density at radius 3 is 2.03 bits per heavy atom. The molecular formula is C26H18N2O2. The highest BCUT2D eigenvalue weighted by Crippen LogP contribution is 2.36. The number of hydrogen-bond acceptors (Lipinski definition) is 2. The van der Waals surface area contributed by atoms with E-state index >= 15 is 0 Å². The van der Waals surface area contributed by atoms with Crippen LogP contribution in [0.15, 0.2) is 114 Å². The van der Waals surface area contributed by atoms with Gasteiger partial charge in [-0.05, 0) is 23.8 Å². The lowest BCUT2D eigenvalue weighted by Crippen LogP contribution is -2.16. The molecule has 5 rings (SSSR count). The van der Waals surface area contributed by atoms with Crippen LogP contribution in [0, 0.1) is 0 Å². The molecule has 4 nitrogen and oxygen atoms in total. The Kier molecular flexibility index (Phi) is 4.37. The number of pyridine rings is 2. The minimum atomic E-state index is -0.148. The molecule has 0 radical (unpaired) electrons. The van der Waals surface area contributed by atoms with E-state index < -0.39 is 0 Å². The highest BCUT2D eigenvalue weighted by molar-refractivity contribution is 6.14. The first kappa shape index (κ1) is 17.9. The van der Waals surface area contributed by atoms with Gasteiger partial charge in [-0.25, -0.2) is 0 Å². The molecule has 0 spiro atoms. The molecule has 0 bridgehead atoms. The molecule has 0 fully saturated rings. The van der Waals surface area contributed by atoms with Crippen LogP contribution in [-0.4, -0.2) is 14.8 Å². The Morgan fingerprint density at radius 2 is 1.30 bits per heavy atom. The van der Waals surface area contributed by atoms with Crippen molar-refractivity contribution in [1.29, 1.82) is 0 Å². The second-order valence-corrected chi connectivity index (χ2v) is 7.00. The highest BCUT2D eigenvalue weighted by Gasteiger charge is 2.26. The molecule has 0 amide bonds. The van der Waals surface area contributed by atoms with E-state index in [9.17, 15) is 9.59 Å². The van der Waals surface area contributed by atoms with Crippen LogP contribution in [0.2, 0.25) is 0 Å². The second-order valence-electron chi connectivity index (χ2n) is 7.00. The van der Waals surface area contributed by atoms with E-state index in [1.807, 2.05) is 95.5 Å². The maximum atomic E-state index is 13.7. The molecule has 0 aliphatic carbocycles. The predicted octanol–water partition coefficient (Wildman–Crippen LogP) is 4.99. The van der Waals surface area contributed by atoms with Crippen molar-refractivity contribution in [3.63, 3.8) is 0 Å². The summed E-state index contributed by atoms with van der Waals surface area (Å²) in [6.45, 7) is 0. The lowest BCUT2D eigenvalue weighted by atomic mass is 9.99. The number of benzene rings is 2. The summed E-state index contributed by atoms with van der Waals surface area (Å²) < 4.78 is 3.49. The minimum Gasteiger partial charge on any atom is -0.311 e. The van der Waals surface area contributed by atoms with Crippen molar-refractivity contribution in [3.8, 4) is 16.8 Å². The maximum absolute atomic E-state index is 13.7. The average Bonchev–Trinajstić information content (AvgIpc) is 3.15. The summed E-state index contributed by atoms with van der Waals surface area (Å²) in [7, 11) is 0. The number of rotatable bonds is 4. The smallest absolute Gasteiger partial charge is 0.255 e. The van der Waals surface area contributed by atoms with Crippen molar-refractivity contribution in [2.45, 2.75) is 0 Å². The van der Waals surface area contributed by atoms with Gasteiger partial charge >= 0.3 is 0 Å². The van der Waals surface area contributed by atoms with Gasteiger partial charge in [0.1, 0.15) is 5.69 Å². The van der Waals surface area contributed by atoms with Crippen LogP contribution < -0.4 is 5.56 Å². The van der Waals surface area contributed by atoms with Crippen molar-refractivity contribution < 1.29 is 4.79 Å². The van der Waals surface area contributed by atoms with E-state index in [0.29, 0.717) is 16.9 Å². The first-order valence-electron chi connectivity index (χ1n) is 9.72. The van der Waals surface area contributed by atoms with E-state index in [2.05, 4.69) is 0 Å². The molecule has 144 valence electrons. The lowest BCUT2D eigenvalue weighted by molar-refractivity contribution is 0.103. The molecule has 0 atom stereocenters. The summed E-state index contributed by atoms with van der Waals surface area (Å²) in [5.41, 5.74) is 4.11. The number of hydrogen-bond donors (Lipinski definition) is 0. The molecule has 0 saturated carbocycles. The largest absolute Gasteiger partial charge is 0.311 e. The molecule has 3 heterocycles. The SMILES string of the molecule is O=C(c1ccccc1)c1c(-c2ccccc2)c(-n2ccccc2=O)c2ccccn12. The fraction of sp³-hybridized carbons (Fsp3) is 0. The Labute approximate surface area is 173 Å². The molecule has 0 unspecified atom stereocenters. The molecule has 30 heavy (non-hydrogen) atoms. The normalized spacial score (nSPS) is 10.9. The molecule has 0 N–H and O–H groups in total. The van der Waals surface area contributed by atoms with Crippen molar-refractivity contribution in [2.24, 2.45) is 0 Å². The topological polar surface area (TPSA) is 43.5 Å². The van der Waals surface area contributed by atoms with Crippen molar-refractivity contribution >= 4 is 11.3 Å². The van der Waals surface area contributed by atoms with Crippen LogP contribution in [0.5, 0.6) is 0 Å². The molecular weight excluding hydrogens is 372 g/mol. The van der Waals surface area contributed by atoms with Gasteiger partial charge in [0, 0.05) is 29.6 Å². The van der Waals surface area contributed by atoms with Gasteiger partial charge in [-0.2, -0.15) is 0 Å². The number of carbonyl (C=O) groups is 1. The molecule has 0 saturated heterocycles. The molecule has 2 aromatic carbocycles. The fourth-order valence-electron chi connectivity index (χ4n) is 3.88. The highest BCUT2D eigenvalue weighted by atomic mass is 16.1. The van der Waals surface area contributed by atoms with Gasteiger partial charge in [-0.15, -0.1) is 0 Å². The first-order valence-corrected chi connectivity index (χ1v) is 9.72. The average molecular weight is 390 g/mol. The molecule has 4 heteroatoms. The number of aromatic nitrogens is 2.